The molecule has 0 bridgehead atoms. The fourth-order valence-electron chi connectivity index (χ4n) is 2.74. The number of nitrogens with zero attached hydrogens (tertiary/aromatic N) is 1. The lowest BCUT2D eigenvalue weighted by molar-refractivity contribution is 0.189. The molecule has 0 saturated carbocycles. The quantitative estimate of drug-likeness (QED) is 0.854. The first-order valence-corrected chi connectivity index (χ1v) is 6.98. The lowest BCUT2D eigenvalue weighted by Gasteiger charge is -2.28. The van der Waals surface area contributed by atoms with Crippen molar-refractivity contribution in [3.8, 4) is 0 Å². The normalized spacial score (nSPS) is 18.7. The highest BCUT2D eigenvalue weighted by Crippen LogP contribution is 2.35. The van der Waals surface area contributed by atoms with Crippen LogP contribution in [-0.2, 0) is 6.42 Å². The van der Waals surface area contributed by atoms with Gasteiger partial charge in [0.1, 0.15) is 0 Å². The minimum Gasteiger partial charge on any atom is -0.396 e. The molecule has 0 heterocycles. The van der Waals surface area contributed by atoms with Gasteiger partial charge in [0.2, 0.25) is 0 Å². The van der Waals surface area contributed by atoms with Crippen molar-refractivity contribution in [3.63, 3.8) is 0 Å². The molecule has 1 unspecified atom stereocenters. The molecule has 2 rings (SSSR count). The first-order chi connectivity index (χ1) is 8.86. The van der Waals surface area contributed by atoms with Crippen LogP contribution in [0.3, 0.4) is 0 Å². The molecule has 1 atom stereocenters. The molecular weight excluding hydrogens is 246 g/mol. The molecule has 0 fully saturated rings. The number of benzene rings is 1. The Morgan fingerprint density at radius 3 is 3.00 bits per heavy atom. The van der Waals surface area contributed by atoms with E-state index in [1.54, 1.807) is 5.54 Å². The lowest BCUT2D eigenvalue weighted by Crippen LogP contribution is -2.29. The SMILES string of the molecule is OCCCN(CC=CCl)C1CCc2ccccc21. The maximum absolute atomic E-state index is 9.01. The van der Waals surface area contributed by atoms with Crippen LogP contribution in [0.2, 0.25) is 0 Å². The number of aryl methyl sites for hydroxylation is 1. The zero-order valence-corrected chi connectivity index (χ0v) is 11.3. The first-order valence-electron chi connectivity index (χ1n) is 6.54. The Morgan fingerprint density at radius 2 is 2.22 bits per heavy atom. The number of rotatable bonds is 6. The summed E-state index contributed by atoms with van der Waals surface area (Å²) in [4.78, 5) is 2.40. The number of aliphatic hydroxyl groups excluding tert-OH is 1. The van der Waals surface area contributed by atoms with E-state index in [0.717, 1.165) is 25.9 Å². The summed E-state index contributed by atoms with van der Waals surface area (Å²) in [5.41, 5.74) is 4.48. The van der Waals surface area contributed by atoms with E-state index in [-0.39, 0.29) is 6.61 Å². The molecule has 2 nitrogen and oxygen atoms in total. The highest BCUT2D eigenvalue weighted by Gasteiger charge is 2.26. The van der Waals surface area contributed by atoms with Crippen molar-refractivity contribution in [2.75, 3.05) is 19.7 Å². The topological polar surface area (TPSA) is 23.5 Å². The third-order valence-electron chi connectivity index (χ3n) is 3.57. The summed E-state index contributed by atoms with van der Waals surface area (Å²) in [6, 6.07) is 9.14. The van der Waals surface area contributed by atoms with Crippen LogP contribution in [0.25, 0.3) is 0 Å². The minimum absolute atomic E-state index is 0.245. The van der Waals surface area contributed by atoms with E-state index in [1.807, 2.05) is 6.08 Å². The molecule has 1 aliphatic carbocycles. The highest BCUT2D eigenvalue weighted by molar-refractivity contribution is 6.25. The van der Waals surface area contributed by atoms with Crippen molar-refractivity contribution >= 4 is 11.6 Å². The molecule has 1 N–H and O–H groups in total. The van der Waals surface area contributed by atoms with Crippen LogP contribution in [0.4, 0.5) is 0 Å². The molecule has 98 valence electrons. The van der Waals surface area contributed by atoms with Crippen molar-refractivity contribution in [1.82, 2.24) is 4.90 Å². The van der Waals surface area contributed by atoms with Gasteiger partial charge in [-0.05, 0) is 30.4 Å². The third kappa shape index (κ3) is 3.14. The minimum atomic E-state index is 0.245. The van der Waals surface area contributed by atoms with E-state index < -0.39 is 0 Å². The summed E-state index contributed by atoms with van der Waals surface area (Å²) in [6.07, 6.45) is 5.11. The van der Waals surface area contributed by atoms with Gasteiger partial charge >= 0.3 is 0 Å². The molecule has 3 heteroatoms. The summed E-state index contributed by atoms with van der Waals surface area (Å²) in [7, 11) is 0. The van der Waals surface area contributed by atoms with Crippen molar-refractivity contribution in [2.24, 2.45) is 0 Å². The van der Waals surface area contributed by atoms with E-state index in [2.05, 4.69) is 29.2 Å². The van der Waals surface area contributed by atoms with Crippen LogP contribution < -0.4 is 0 Å². The second kappa shape index (κ2) is 6.93. The average molecular weight is 266 g/mol. The summed E-state index contributed by atoms with van der Waals surface area (Å²) in [5, 5.41) is 9.01. The number of hydrogen-bond acceptors (Lipinski definition) is 2. The maximum atomic E-state index is 9.01. The van der Waals surface area contributed by atoms with Crippen LogP contribution in [0.5, 0.6) is 0 Å². The van der Waals surface area contributed by atoms with Gasteiger partial charge in [-0.15, -0.1) is 0 Å². The van der Waals surface area contributed by atoms with Crippen molar-refractivity contribution in [2.45, 2.75) is 25.3 Å². The van der Waals surface area contributed by atoms with Gasteiger partial charge in [-0.25, -0.2) is 0 Å². The summed E-state index contributed by atoms with van der Waals surface area (Å²) in [6.45, 7) is 2.01. The molecule has 0 aliphatic heterocycles. The van der Waals surface area contributed by atoms with Crippen molar-refractivity contribution in [1.29, 1.82) is 0 Å². The van der Waals surface area contributed by atoms with Crippen LogP contribution in [0.1, 0.15) is 30.0 Å². The lowest BCUT2D eigenvalue weighted by atomic mass is 10.1. The van der Waals surface area contributed by atoms with Crippen molar-refractivity contribution < 1.29 is 5.11 Å². The Morgan fingerprint density at radius 1 is 1.39 bits per heavy atom. The van der Waals surface area contributed by atoms with Crippen LogP contribution in [-0.4, -0.2) is 29.7 Å². The number of halogens is 1. The zero-order chi connectivity index (χ0) is 12.8. The Hall–Kier alpha value is -0.830. The van der Waals surface area contributed by atoms with Crippen LogP contribution in [0, 0.1) is 0 Å². The maximum Gasteiger partial charge on any atom is 0.0443 e. The van der Waals surface area contributed by atoms with Gasteiger partial charge in [0.15, 0.2) is 0 Å². The van der Waals surface area contributed by atoms with Crippen molar-refractivity contribution in [3.05, 3.63) is 47.0 Å². The van der Waals surface area contributed by atoms with Gasteiger partial charge in [-0.3, -0.25) is 4.90 Å². The Bertz CT molecular complexity index is 405. The van der Waals surface area contributed by atoms with Gasteiger partial charge in [0, 0.05) is 31.3 Å². The zero-order valence-electron chi connectivity index (χ0n) is 10.6. The fraction of sp³-hybridized carbons (Fsp3) is 0.467. The molecule has 1 aromatic carbocycles. The summed E-state index contributed by atoms with van der Waals surface area (Å²) in [5.74, 6) is 0. The van der Waals surface area contributed by atoms with E-state index in [9.17, 15) is 0 Å². The molecule has 1 aromatic rings. The van der Waals surface area contributed by atoms with Gasteiger partial charge in [-0.2, -0.15) is 0 Å². The highest BCUT2D eigenvalue weighted by atomic mass is 35.5. The number of aliphatic hydroxyl groups is 1. The molecule has 0 radical (unpaired) electrons. The Kier molecular flexibility index (Phi) is 5.24. The number of hydrogen-bond donors (Lipinski definition) is 1. The predicted molar refractivity (Wildman–Crippen MR) is 75.8 cm³/mol. The largest absolute Gasteiger partial charge is 0.396 e. The molecule has 1 aliphatic rings. The second-order valence-electron chi connectivity index (χ2n) is 4.69. The monoisotopic (exact) mass is 265 g/mol. The van der Waals surface area contributed by atoms with Gasteiger partial charge < -0.3 is 5.11 Å². The Labute approximate surface area is 114 Å². The summed E-state index contributed by atoms with van der Waals surface area (Å²) < 4.78 is 0. The second-order valence-corrected chi connectivity index (χ2v) is 4.94. The van der Waals surface area contributed by atoms with E-state index >= 15 is 0 Å². The average Bonchev–Trinajstić information content (AvgIpc) is 2.83. The van der Waals surface area contributed by atoms with Gasteiger partial charge in [0.05, 0.1) is 0 Å². The molecule has 18 heavy (non-hydrogen) atoms. The summed E-state index contributed by atoms with van der Waals surface area (Å²) >= 11 is 5.63. The third-order valence-corrected chi connectivity index (χ3v) is 3.75. The molecule has 0 saturated heterocycles. The van der Waals surface area contributed by atoms with E-state index in [1.165, 1.54) is 17.5 Å². The standard InChI is InChI=1S/C15H20ClNO/c16-9-3-10-17(11-4-12-18)15-8-7-13-5-1-2-6-14(13)15/h1-3,5-6,9,15,18H,4,7-8,10-12H2. The smallest absolute Gasteiger partial charge is 0.0443 e. The van der Waals surface area contributed by atoms with E-state index in [0.29, 0.717) is 6.04 Å². The van der Waals surface area contributed by atoms with Gasteiger partial charge in [-0.1, -0.05) is 41.9 Å². The van der Waals surface area contributed by atoms with Gasteiger partial charge in [0.25, 0.3) is 0 Å². The molecular formula is C15H20ClNO. The van der Waals surface area contributed by atoms with Crippen LogP contribution >= 0.6 is 11.6 Å². The van der Waals surface area contributed by atoms with E-state index in [4.69, 9.17) is 16.7 Å². The molecule has 0 aromatic heterocycles. The first kappa shape index (κ1) is 13.6. The molecule has 0 amide bonds. The predicted octanol–water partition coefficient (Wildman–Crippen LogP) is 3.11. The number of fused-ring (bicyclic) bond motifs is 1. The Balaban J connectivity index is 2.11. The molecule has 0 spiro atoms. The fourth-order valence-corrected chi connectivity index (χ4v) is 2.82. The van der Waals surface area contributed by atoms with Crippen LogP contribution in [0.15, 0.2) is 35.9 Å².